The van der Waals surface area contributed by atoms with Gasteiger partial charge in [0.15, 0.2) is 0 Å². The van der Waals surface area contributed by atoms with Gasteiger partial charge in [-0.1, -0.05) is 51.4 Å². The van der Waals surface area contributed by atoms with Gasteiger partial charge < -0.3 is 55.6 Å². The highest BCUT2D eigenvalue weighted by Crippen LogP contribution is 2.19. The lowest BCUT2D eigenvalue weighted by atomic mass is 10.2. The smallest absolute Gasteiger partial charge is 0.379 e. The minimum absolute atomic E-state index is 0.330. The molecule has 0 amide bonds. The summed E-state index contributed by atoms with van der Waals surface area (Å²) in [5.74, 6) is 0. The number of hydrogen-bond acceptors (Lipinski definition) is 12. The Balaban J connectivity index is 1.13. The van der Waals surface area contributed by atoms with E-state index in [9.17, 15) is 0 Å². The molecule has 4 fully saturated rings. The molecule has 4 rings (SSSR count). The Morgan fingerprint density at radius 2 is 0.510 bits per heavy atom. The second kappa shape index (κ2) is 27.4. The average Bonchev–Trinajstić information content (AvgIpc) is 3.92. The van der Waals surface area contributed by atoms with E-state index in [1.165, 1.54) is 0 Å². The molecule has 49 heavy (non-hydrogen) atoms. The van der Waals surface area contributed by atoms with Crippen LogP contribution >= 0.6 is 0 Å². The van der Waals surface area contributed by atoms with Crippen LogP contribution in [0.25, 0.3) is 0 Å². The number of unbranched alkanes of at least 4 members (excludes halogenated alkanes) is 12. The van der Waals surface area contributed by atoms with Crippen LogP contribution in [-0.2, 0) is 55.6 Å². The number of hydrogen-bond donors (Lipinski definition) is 0. The molecule has 0 aromatic rings. The van der Waals surface area contributed by atoms with E-state index >= 15 is 0 Å². The molecular weight excluding hydrogens is 652 g/mol. The van der Waals surface area contributed by atoms with Crippen molar-refractivity contribution in [1.29, 1.82) is 0 Å². The van der Waals surface area contributed by atoms with E-state index < -0.39 is 9.05 Å². The maximum atomic E-state index is 6.49. The Labute approximate surface area is 297 Å². The SMILES string of the molecule is C(CCCO[Si](OCCCCCCOCC1CO1)(OCCCCCCOCC1CO1)OCCCCCCOCC1CO1)CCOCC1CO1. The molecule has 0 N–H and O–H groups in total. The Bertz CT molecular complexity index is 641. The van der Waals surface area contributed by atoms with Crippen molar-refractivity contribution in [2.24, 2.45) is 0 Å². The minimum Gasteiger partial charge on any atom is -0.379 e. The summed E-state index contributed by atoms with van der Waals surface area (Å²) < 4.78 is 69.5. The molecule has 0 spiro atoms. The summed E-state index contributed by atoms with van der Waals surface area (Å²) >= 11 is 0. The van der Waals surface area contributed by atoms with Crippen molar-refractivity contribution < 1.29 is 55.6 Å². The first kappa shape index (κ1) is 41.5. The Kier molecular flexibility index (Phi) is 23.2. The second-order valence-electron chi connectivity index (χ2n) is 13.7. The molecule has 4 heterocycles. The molecule has 0 radical (unpaired) electrons. The second-order valence-corrected chi connectivity index (χ2v) is 15.8. The zero-order valence-corrected chi connectivity index (χ0v) is 31.3. The molecule has 0 saturated carbocycles. The molecule has 12 nitrogen and oxygen atoms in total. The molecule has 0 aromatic heterocycles. The van der Waals surface area contributed by atoms with Crippen molar-refractivity contribution in [1.82, 2.24) is 0 Å². The lowest BCUT2D eigenvalue weighted by Gasteiger charge is -2.28. The molecule has 288 valence electrons. The van der Waals surface area contributed by atoms with Crippen LogP contribution in [0.5, 0.6) is 0 Å². The molecule has 0 bridgehead atoms. The quantitative estimate of drug-likeness (QED) is 0.0458. The lowest BCUT2D eigenvalue weighted by molar-refractivity contribution is -0.0377. The highest BCUT2D eigenvalue weighted by Gasteiger charge is 2.45. The molecule has 4 atom stereocenters. The molecule has 0 aromatic carbocycles. The van der Waals surface area contributed by atoms with E-state index in [1.807, 2.05) is 0 Å². The summed E-state index contributed by atoms with van der Waals surface area (Å²) in [6, 6.07) is 0. The van der Waals surface area contributed by atoms with Crippen LogP contribution in [0.2, 0.25) is 0 Å². The lowest BCUT2D eigenvalue weighted by Crippen LogP contribution is -2.50. The third kappa shape index (κ3) is 24.6. The fourth-order valence-electron chi connectivity index (χ4n) is 5.19. The summed E-state index contributed by atoms with van der Waals surface area (Å²) in [6.07, 6.45) is 18.0. The molecule has 0 aliphatic carbocycles. The van der Waals surface area contributed by atoms with Crippen molar-refractivity contribution >= 4 is 9.05 Å². The number of rotatable bonds is 40. The molecule has 4 saturated heterocycles. The van der Waals surface area contributed by atoms with Crippen LogP contribution in [0.3, 0.4) is 0 Å². The summed E-state index contributed by atoms with van der Waals surface area (Å²) in [4.78, 5) is 0. The zero-order valence-electron chi connectivity index (χ0n) is 30.3. The fourth-order valence-corrected chi connectivity index (χ4v) is 7.27. The van der Waals surface area contributed by atoms with E-state index in [1.54, 1.807) is 0 Å². The van der Waals surface area contributed by atoms with Gasteiger partial charge in [0.05, 0.1) is 52.9 Å². The van der Waals surface area contributed by atoms with E-state index in [-0.39, 0.29) is 0 Å². The van der Waals surface area contributed by atoms with Crippen LogP contribution in [-0.4, -0.2) is 139 Å². The normalized spacial score (nSPS) is 23.5. The van der Waals surface area contributed by atoms with Crippen molar-refractivity contribution in [3.8, 4) is 0 Å². The highest BCUT2D eigenvalue weighted by molar-refractivity contribution is 6.53. The molecule has 4 aliphatic rings. The average molecular weight is 721 g/mol. The topological polar surface area (TPSA) is 124 Å². The van der Waals surface area contributed by atoms with Gasteiger partial charge in [0.25, 0.3) is 0 Å². The first-order valence-electron chi connectivity index (χ1n) is 19.6. The van der Waals surface area contributed by atoms with Gasteiger partial charge in [-0.15, -0.1) is 0 Å². The fraction of sp³-hybridized carbons (Fsp3) is 1.00. The van der Waals surface area contributed by atoms with Gasteiger partial charge in [0.1, 0.15) is 24.4 Å². The van der Waals surface area contributed by atoms with Crippen molar-refractivity contribution in [3.63, 3.8) is 0 Å². The van der Waals surface area contributed by atoms with Gasteiger partial charge in [0.2, 0.25) is 0 Å². The predicted octanol–water partition coefficient (Wildman–Crippen LogP) is 5.39. The van der Waals surface area contributed by atoms with Gasteiger partial charge in [-0.3, -0.25) is 0 Å². The molecule has 13 heteroatoms. The largest absolute Gasteiger partial charge is 0.679 e. The summed E-state index contributed by atoms with van der Waals surface area (Å²) in [5, 5.41) is 0. The maximum Gasteiger partial charge on any atom is 0.679 e. The number of epoxide rings is 4. The van der Waals surface area contributed by atoms with Crippen LogP contribution < -0.4 is 0 Å². The Morgan fingerprint density at radius 3 is 0.714 bits per heavy atom. The van der Waals surface area contributed by atoms with E-state index in [0.29, 0.717) is 50.8 Å². The van der Waals surface area contributed by atoms with Gasteiger partial charge in [-0.2, -0.15) is 0 Å². The summed E-state index contributed by atoms with van der Waals surface area (Å²) in [5.41, 5.74) is 0. The van der Waals surface area contributed by atoms with Gasteiger partial charge in [-0.05, 0) is 51.4 Å². The first-order chi connectivity index (χ1) is 24.3. The van der Waals surface area contributed by atoms with Crippen molar-refractivity contribution in [3.05, 3.63) is 0 Å². The highest BCUT2D eigenvalue weighted by atomic mass is 28.4. The molecular formula is C36H68O12Si. The monoisotopic (exact) mass is 720 g/mol. The summed E-state index contributed by atoms with van der Waals surface area (Å²) in [6.45, 7) is 11.7. The first-order valence-corrected chi connectivity index (χ1v) is 21.3. The third-order valence-electron chi connectivity index (χ3n) is 8.67. The predicted molar refractivity (Wildman–Crippen MR) is 186 cm³/mol. The maximum absolute atomic E-state index is 6.49. The zero-order chi connectivity index (χ0) is 33.9. The van der Waals surface area contributed by atoms with Crippen molar-refractivity contribution in [2.75, 3.05) is 106 Å². The van der Waals surface area contributed by atoms with E-state index in [2.05, 4.69) is 0 Å². The van der Waals surface area contributed by atoms with E-state index in [0.717, 1.165) is 182 Å². The van der Waals surface area contributed by atoms with Crippen LogP contribution in [0.4, 0.5) is 0 Å². The Morgan fingerprint density at radius 1 is 0.306 bits per heavy atom. The van der Waals surface area contributed by atoms with Gasteiger partial charge in [-0.25, -0.2) is 0 Å². The molecule has 4 aliphatic heterocycles. The number of ether oxygens (including phenoxy) is 8. The summed E-state index contributed by atoms with van der Waals surface area (Å²) in [7, 11) is -3.30. The van der Waals surface area contributed by atoms with Gasteiger partial charge >= 0.3 is 9.05 Å². The van der Waals surface area contributed by atoms with E-state index in [4.69, 9.17) is 55.6 Å². The standard InChI is InChI=1S/C36H68O12Si/c1(9-17-37-25-33-29-41-33)5-13-21-45-49(46-22-14-6-2-10-18-38-26-34-30-42-34,47-23-15-7-3-11-19-39-27-35-31-43-35)48-24-16-8-4-12-20-40-28-36-32-44-36/h33-36H,1-32H2. The van der Waals surface area contributed by atoms with Crippen LogP contribution in [0.1, 0.15) is 103 Å². The third-order valence-corrected chi connectivity index (χ3v) is 10.9. The molecule has 4 unspecified atom stereocenters. The van der Waals surface area contributed by atoms with Crippen LogP contribution in [0, 0.1) is 0 Å². The minimum atomic E-state index is -3.30. The van der Waals surface area contributed by atoms with Gasteiger partial charge in [0, 0.05) is 52.9 Å². The van der Waals surface area contributed by atoms with Crippen LogP contribution in [0.15, 0.2) is 0 Å². The van der Waals surface area contributed by atoms with Crippen molar-refractivity contribution in [2.45, 2.75) is 127 Å². The Hall–Kier alpha value is -0.263.